The van der Waals surface area contributed by atoms with Crippen molar-refractivity contribution in [1.82, 2.24) is 20.1 Å². The Morgan fingerprint density at radius 2 is 2.03 bits per heavy atom. The minimum absolute atomic E-state index is 0. The summed E-state index contributed by atoms with van der Waals surface area (Å²) in [4.78, 5) is 67.0. The van der Waals surface area contributed by atoms with Gasteiger partial charge in [0.1, 0.15) is 17.4 Å². The SMILES string of the molecule is CON1C(=O)[C@@H](NC(=O)/C(=N\OCc2cc(=O)c(O)cn2O)c2csc(N)n2)C1(C)C.O=C=O.S. The Morgan fingerprint density at radius 1 is 1.40 bits per heavy atom. The third-order valence-electron chi connectivity index (χ3n) is 4.57. The normalized spacial score (nSPS) is 16.1. The summed E-state index contributed by atoms with van der Waals surface area (Å²) < 4.78 is 0.488. The van der Waals surface area contributed by atoms with Crippen molar-refractivity contribution in [3.8, 4) is 5.75 Å². The summed E-state index contributed by atoms with van der Waals surface area (Å²) in [6.45, 7) is 3.01. The Morgan fingerprint density at radius 3 is 2.54 bits per heavy atom. The Bertz CT molecular complexity index is 1200. The van der Waals surface area contributed by atoms with E-state index >= 15 is 0 Å². The van der Waals surface area contributed by atoms with Gasteiger partial charge in [0.15, 0.2) is 23.2 Å². The second-order valence-corrected chi connectivity index (χ2v) is 7.99. The zero-order valence-electron chi connectivity index (χ0n) is 18.5. The first-order chi connectivity index (χ1) is 16.0. The van der Waals surface area contributed by atoms with Crippen molar-refractivity contribution in [3.63, 3.8) is 0 Å². The van der Waals surface area contributed by atoms with Gasteiger partial charge < -0.3 is 26.2 Å². The Hall–Kier alpha value is -3.92. The number of nitrogen functional groups attached to an aromatic ring is 1. The van der Waals surface area contributed by atoms with Gasteiger partial charge in [-0.15, -0.1) is 11.3 Å². The number of β-lactam (4-membered cyclic amide) rings is 1. The lowest BCUT2D eigenvalue weighted by atomic mass is 9.84. The van der Waals surface area contributed by atoms with Crippen LogP contribution < -0.4 is 16.5 Å². The number of anilines is 1. The fraction of sp³-hybridized carbons (Fsp3) is 0.333. The number of rotatable bonds is 7. The van der Waals surface area contributed by atoms with Crippen LogP contribution in [0.1, 0.15) is 25.2 Å². The molecular formula is C18H22N6O9S2. The van der Waals surface area contributed by atoms with Crippen LogP contribution in [0.3, 0.4) is 0 Å². The maximum Gasteiger partial charge on any atom is 0.373 e. The van der Waals surface area contributed by atoms with Crippen LogP contribution in [0.5, 0.6) is 5.75 Å². The van der Waals surface area contributed by atoms with Crippen LogP contribution in [0.2, 0.25) is 0 Å². The first-order valence-corrected chi connectivity index (χ1v) is 10.1. The Kier molecular flexibility index (Phi) is 9.96. The summed E-state index contributed by atoms with van der Waals surface area (Å²) in [6.07, 6.45) is 1.05. The summed E-state index contributed by atoms with van der Waals surface area (Å²) in [6, 6.07) is 0.0705. The van der Waals surface area contributed by atoms with E-state index in [1.54, 1.807) is 13.8 Å². The van der Waals surface area contributed by atoms with Gasteiger partial charge in [-0.25, -0.2) is 10.0 Å². The van der Waals surface area contributed by atoms with Crippen LogP contribution in [0.4, 0.5) is 5.13 Å². The molecule has 0 bridgehead atoms. The molecule has 1 atom stereocenters. The molecule has 190 valence electrons. The molecular weight excluding hydrogens is 508 g/mol. The molecule has 2 aromatic heterocycles. The van der Waals surface area contributed by atoms with E-state index in [1.807, 2.05) is 0 Å². The van der Waals surface area contributed by atoms with Gasteiger partial charge in [-0.3, -0.25) is 19.2 Å². The minimum Gasteiger partial charge on any atom is -0.503 e. The first kappa shape index (κ1) is 29.1. The maximum atomic E-state index is 12.8. The molecule has 15 nitrogen and oxygen atoms in total. The summed E-state index contributed by atoms with van der Waals surface area (Å²) in [5, 5.41) is 28.2. The number of nitrogens with two attached hydrogens (primary N) is 1. The molecule has 0 aliphatic carbocycles. The van der Waals surface area contributed by atoms with Crippen molar-refractivity contribution in [2.75, 3.05) is 12.8 Å². The number of amides is 2. The molecule has 0 spiro atoms. The third kappa shape index (κ3) is 6.36. The zero-order chi connectivity index (χ0) is 25.6. The van der Waals surface area contributed by atoms with E-state index in [0.29, 0.717) is 4.73 Å². The number of aromatic nitrogens is 2. The van der Waals surface area contributed by atoms with E-state index in [1.165, 1.54) is 12.5 Å². The average molecular weight is 531 g/mol. The van der Waals surface area contributed by atoms with Crippen LogP contribution in [-0.4, -0.2) is 67.5 Å². The largest absolute Gasteiger partial charge is 0.503 e. The number of carbonyl (C=O) groups excluding carboxylic acids is 4. The van der Waals surface area contributed by atoms with Crippen LogP contribution >= 0.6 is 24.8 Å². The molecule has 1 aliphatic rings. The van der Waals surface area contributed by atoms with E-state index in [-0.39, 0.29) is 41.9 Å². The van der Waals surface area contributed by atoms with Gasteiger partial charge in [-0.1, -0.05) is 5.16 Å². The van der Waals surface area contributed by atoms with Crippen molar-refractivity contribution in [3.05, 3.63) is 39.3 Å². The van der Waals surface area contributed by atoms with Gasteiger partial charge in [0.05, 0.1) is 18.8 Å². The lowest BCUT2D eigenvalue weighted by Gasteiger charge is -2.51. The summed E-state index contributed by atoms with van der Waals surface area (Å²) in [5.41, 5.74) is 3.92. The van der Waals surface area contributed by atoms with Gasteiger partial charge in [0.2, 0.25) is 5.43 Å². The molecule has 0 radical (unpaired) electrons. The van der Waals surface area contributed by atoms with Crippen molar-refractivity contribution in [2.24, 2.45) is 5.16 Å². The smallest absolute Gasteiger partial charge is 0.373 e. The Labute approximate surface area is 208 Å². The highest BCUT2D eigenvalue weighted by Gasteiger charge is 2.56. The molecule has 3 rings (SSSR count). The number of hydroxylamine groups is 2. The summed E-state index contributed by atoms with van der Waals surface area (Å²) in [5.74, 6) is -1.84. The van der Waals surface area contributed by atoms with Crippen molar-refractivity contribution >= 4 is 53.6 Å². The predicted octanol–water partition coefficient (Wildman–Crippen LogP) is -1.05. The minimum atomic E-state index is -0.874. The second kappa shape index (κ2) is 12.0. The van der Waals surface area contributed by atoms with E-state index in [9.17, 15) is 24.7 Å². The number of nitrogens with zero attached hydrogens (tertiary/aromatic N) is 4. The number of pyridine rings is 1. The highest BCUT2D eigenvalue weighted by atomic mass is 32.1. The molecule has 0 aromatic carbocycles. The standard InChI is InChI=1S/C17H20N6O7S.CO2.H2S/c1-17(2)13(15(27)23(17)29-3)20-14(26)12(9-7-31-16(18)19-9)21-30-6-8-4-10(24)11(25)5-22(8)28;2-1-3;/h4-5,7,13,25,28H,6H2,1-3H3,(H2,18,19)(H,20,26);;1H2/b21-12-;;/t13-;;/m1../s1. The van der Waals surface area contributed by atoms with Gasteiger partial charge in [-0.2, -0.15) is 27.8 Å². The number of oxime groups is 1. The summed E-state index contributed by atoms with van der Waals surface area (Å²) in [7, 11) is 1.35. The van der Waals surface area contributed by atoms with Crippen LogP contribution in [-0.2, 0) is 35.5 Å². The van der Waals surface area contributed by atoms with Crippen molar-refractivity contribution in [2.45, 2.75) is 32.0 Å². The second-order valence-electron chi connectivity index (χ2n) is 7.10. The van der Waals surface area contributed by atoms with E-state index in [0.717, 1.165) is 28.7 Å². The van der Waals surface area contributed by atoms with Gasteiger partial charge in [-0.05, 0) is 13.8 Å². The molecule has 1 saturated heterocycles. The number of hydrogen-bond donors (Lipinski definition) is 4. The molecule has 3 heterocycles. The molecule has 2 aromatic rings. The van der Waals surface area contributed by atoms with Gasteiger partial charge in [0, 0.05) is 11.4 Å². The monoisotopic (exact) mass is 530 g/mol. The molecule has 0 unspecified atom stereocenters. The quantitative estimate of drug-likeness (QED) is 0.146. The van der Waals surface area contributed by atoms with Gasteiger partial charge in [0.25, 0.3) is 11.8 Å². The molecule has 1 aliphatic heterocycles. The average Bonchev–Trinajstić information content (AvgIpc) is 3.19. The number of carbonyl (C=O) groups is 2. The third-order valence-corrected chi connectivity index (χ3v) is 5.25. The zero-order valence-corrected chi connectivity index (χ0v) is 20.4. The molecule has 2 amide bonds. The van der Waals surface area contributed by atoms with Crippen LogP contribution in [0, 0.1) is 0 Å². The highest BCUT2D eigenvalue weighted by molar-refractivity contribution is 7.59. The lowest BCUT2D eigenvalue weighted by molar-refractivity contribution is -0.245. The highest BCUT2D eigenvalue weighted by Crippen LogP contribution is 2.31. The van der Waals surface area contributed by atoms with Crippen molar-refractivity contribution < 1.29 is 39.2 Å². The Balaban J connectivity index is 0.00000145. The van der Waals surface area contributed by atoms with E-state index < -0.39 is 41.2 Å². The van der Waals surface area contributed by atoms with Crippen molar-refractivity contribution in [1.29, 1.82) is 0 Å². The molecule has 17 heteroatoms. The molecule has 35 heavy (non-hydrogen) atoms. The maximum absolute atomic E-state index is 12.8. The summed E-state index contributed by atoms with van der Waals surface area (Å²) >= 11 is 1.07. The molecule has 1 fully saturated rings. The number of thiazole rings is 1. The fourth-order valence-corrected chi connectivity index (χ4v) is 3.49. The van der Waals surface area contributed by atoms with E-state index in [2.05, 4.69) is 15.5 Å². The van der Waals surface area contributed by atoms with Crippen LogP contribution in [0.15, 0.2) is 27.6 Å². The fourth-order valence-electron chi connectivity index (χ4n) is 2.94. The van der Waals surface area contributed by atoms with E-state index in [4.69, 9.17) is 25.0 Å². The van der Waals surface area contributed by atoms with Crippen LogP contribution in [0.25, 0.3) is 0 Å². The number of nitrogens with one attached hydrogen (secondary N) is 1. The molecule has 0 saturated carbocycles. The topological polar surface area (TPSA) is 216 Å². The first-order valence-electron chi connectivity index (χ1n) is 9.21. The number of hydrogen-bond acceptors (Lipinski definition) is 13. The van der Waals surface area contributed by atoms with Gasteiger partial charge >= 0.3 is 6.15 Å². The number of aromatic hydroxyl groups is 1. The predicted molar refractivity (Wildman–Crippen MR) is 123 cm³/mol. The lowest BCUT2D eigenvalue weighted by Crippen LogP contribution is -2.76. The molecule has 5 N–H and O–H groups in total.